The summed E-state index contributed by atoms with van der Waals surface area (Å²) >= 11 is 8.39. The lowest BCUT2D eigenvalue weighted by Gasteiger charge is -2.07. The third kappa shape index (κ3) is 3.95. The van der Waals surface area contributed by atoms with Gasteiger partial charge in [0.25, 0.3) is 0 Å². The average Bonchev–Trinajstić information content (AvgIpc) is 2.34. The van der Waals surface area contributed by atoms with E-state index >= 15 is 0 Å². The highest BCUT2D eigenvalue weighted by Crippen LogP contribution is 2.16. The van der Waals surface area contributed by atoms with Gasteiger partial charge in [0.05, 0.1) is 0 Å². The van der Waals surface area contributed by atoms with Crippen molar-refractivity contribution >= 4 is 32.9 Å². The fourth-order valence-corrected chi connectivity index (χ4v) is 1.55. The summed E-state index contributed by atoms with van der Waals surface area (Å²) in [5.41, 5.74) is 0. The van der Waals surface area contributed by atoms with Gasteiger partial charge in [-0.2, -0.15) is 0 Å². The highest BCUT2D eigenvalue weighted by molar-refractivity contribution is 7.80. The Kier molecular flexibility index (Phi) is 4.28. The third-order valence-electron chi connectivity index (χ3n) is 2.12. The van der Waals surface area contributed by atoms with Crippen LogP contribution in [-0.4, -0.2) is 7.69 Å². The maximum Gasteiger partial charge on any atom is 0.576 e. The molecule has 2 aromatic rings. The van der Waals surface area contributed by atoms with Crippen molar-refractivity contribution in [1.82, 2.24) is 0 Å². The molecule has 0 spiro atoms. The molecule has 0 atom stereocenters. The minimum atomic E-state index is 0.178. The molecule has 0 radical (unpaired) electrons. The van der Waals surface area contributed by atoms with E-state index in [0.717, 1.165) is 21.3 Å². The fraction of sp³-hybridized carbons (Fsp3) is 0. The molecule has 0 aliphatic rings. The van der Waals surface area contributed by atoms with Gasteiger partial charge in [-0.05, 0) is 48.5 Å². The van der Waals surface area contributed by atoms with Gasteiger partial charge in [-0.3, -0.25) is 0 Å². The molecule has 0 saturated carbocycles. The van der Waals surface area contributed by atoms with Crippen LogP contribution in [-0.2, 0) is 0 Å². The van der Waals surface area contributed by atoms with Gasteiger partial charge in [-0.25, -0.2) is 0 Å². The topological polar surface area (TPSA) is 18.5 Å². The predicted molar refractivity (Wildman–Crippen MR) is 75.8 cm³/mol. The molecule has 0 aromatic heterocycles. The molecule has 0 aliphatic heterocycles. The Morgan fingerprint density at radius 3 is 1.35 bits per heavy atom. The Bertz CT molecular complexity index is 425. The van der Waals surface area contributed by atoms with E-state index in [1.54, 1.807) is 0 Å². The molecule has 0 saturated heterocycles. The lowest BCUT2D eigenvalue weighted by molar-refractivity contribution is 0.458. The van der Waals surface area contributed by atoms with Crippen molar-refractivity contribution in [2.75, 3.05) is 0 Å². The van der Waals surface area contributed by atoms with Crippen LogP contribution in [0, 0.1) is 0 Å². The second-order valence-corrected chi connectivity index (χ2v) is 4.43. The largest absolute Gasteiger partial charge is 0.576 e. The normalized spacial score (nSPS) is 9.76. The van der Waals surface area contributed by atoms with Crippen LogP contribution in [0.4, 0.5) is 0 Å². The number of benzene rings is 2. The Morgan fingerprint density at radius 2 is 1.00 bits per heavy atom. The maximum atomic E-state index is 5.42. The Hall–Kier alpha value is -1.20. The van der Waals surface area contributed by atoms with Gasteiger partial charge < -0.3 is 9.31 Å². The second-order valence-electron chi connectivity index (χ2n) is 3.39. The first-order valence-electron chi connectivity index (χ1n) is 5.08. The smallest absolute Gasteiger partial charge is 0.529 e. The van der Waals surface area contributed by atoms with Crippen LogP contribution in [0.1, 0.15) is 0 Å². The summed E-state index contributed by atoms with van der Waals surface area (Å²) in [4.78, 5) is 1.81. The van der Waals surface area contributed by atoms with Crippen LogP contribution in [0.15, 0.2) is 58.3 Å². The van der Waals surface area contributed by atoms with E-state index in [1.165, 1.54) is 0 Å². The number of hydrogen-bond donors (Lipinski definition) is 2. The van der Waals surface area contributed by atoms with Crippen LogP contribution in [0.2, 0.25) is 0 Å². The van der Waals surface area contributed by atoms with Gasteiger partial charge in [0.1, 0.15) is 11.5 Å². The molecule has 0 bridgehead atoms. The molecule has 0 unspecified atom stereocenters. The predicted octanol–water partition coefficient (Wildman–Crippen LogP) is 2.99. The van der Waals surface area contributed by atoms with Gasteiger partial charge in [-0.15, -0.1) is 25.3 Å². The van der Waals surface area contributed by atoms with Crippen molar-refractivity contribution < 1.29 is 9.31 Å². The molecule has 0 fully saturated rings. The van der Waals surface area contributed by atoms with Crippen molar-refractivity contribution in [1.29, 1.82) is 0 Å². The van der Waals surface area contributed by atoms with Crippen molar-refractivity contribution in [3.63, 3.8) is 0 Å². The Balaban J connectivity index is 1.83. The molecule has 0 N–H and O–H groups in total. The Morgan fingerprint density at radius 1 is 0.647 bits per heavy atom. The summed E-state index contributed by atoms with van der Waals surface area (Å²) < 4.78 is 10.8. The zero-order valence-corrected chi connectivity index (χ0v) is 10.8. The monoisotopic (exact) mass is 262 g/mol. The van der Waals surface area contributed by atoms with Gasteiger partial charge >= 0.3 is 7.69 Å². The minimum Gasteiger partial charge on any atom is -0.529 e. The van der Waals surface area contributed by atoms with Crippen LogP contribution < -0.4 is 9.31 Å². The molecular formula is C12H11BO2S2. The lowest BCUT2D eigenvalue weighted by atomic mass is 10.3. The summed E-state index contributed by atoms with van der Waals surface area (Å²) in [6.07, 6.45) is 0. The van der Waals surface area contributed by atoms with E-state index in [1.807, 2.05) is 48.5 Å². The minimum absolute atomic E-state index is 0.178. The number of hydrogen-bond acceptors (Lipinski definition) is 4. The van der Waals surface area contributed by atoms with Crippen LogP contribution in [0.5, 0.6) is 11.5 Å². The SMILES string of the molecule is Sc1ccc(OBOc2ccc(S)cc2)cc1. The van der Waals surface area contributed by atoms with E-state index in [2.05, 4.69) is 25.3 Å². The molecule has 2 rings (SSSR count). The van der Waals surface area contributed by atoms with Crippen molar-refractivity contribution in [3.8, 4) is 11.5 Å². The number of thiol groups is 2. The molecule has 0 amide bonds. The lowest BCUT2D eigenvalue weighted by Crippen LogP contribution is -2.10. The van der Waals surface area contributed by atoms with Crippen molar-refractivity contribution in [2.45, 2.75) is 9.79 Å². The second kappa shape index (κ2) is 5.93. The summed E-state index contributed by atoms with van der Waals surface area (Å²) in [5, 5.41) is 0. The molecule has 0 heterocycles. The quantitative estimate of drug-likeness (QED) is 0.652. The van der Waals surface area contributed by atoms with Gasteiger partial charge in [0.15, 0.2) is 0 Å². The first kappa shape index (κ1) is 12.3. The first-order chi connectivity index (χ1) is 8.24. The highest BCUT2D eigenvalue weighted by atomic mass is 32.1. The van der Waals surface area contributed by atoms with Crippen LogP contribution in [0.3, 0.4) is 0 Å². The summed E-state index contributed by atoms with van der Waals surface area (Å²) in [5.74, 6) is 1.52. The maximum absolute atomic E-state index is 5.42. The van der Waals surface area contributed by atoms with Gasteiger partial charge in [0, 0.05) is 9.79 Å². The van der Waals surface area contributed by atoms with E-state index in [0.29, 0.717) is 0 Å². The zero-order valence-electron chi connectivity index (χ0n) is 9.04. The molecule has 2 nitrogen and oxygen atoms in total. The summed E-state index contributed by atoms with van der Waals surface area (Å²) in [7, 11) is 0.178. The Labute approximate surface area is 112 Å². The summed E-state index contributed by atoms with van der Waals surface area (Å²) in [6, 6.07) is 14.9. The van der Waals surface area contributed by atoms with Gasteiger partial charge in [-0.1, -0.05) is 0 Å². The average molecular weight is 262 g/mol. The van der Waals surface area contributed by atoms with E-state index in [4.69, 9.17) is 9.31 Å². The van der Waals surface area contributed by atoms with E-state index in [-0.39, 0.29) is 7.69 Å². The van der Waals surface area contributed by atoms with Crippen LogP contribution in [0.25, 0.3) is 0 Å². The summed E-state index contributed by atoms with van der Waals surface area (Å²) in [6.45, 7) is 0. The van der Waals surface area contributed by atoms with Crippen molar-refractivity contribution in [2.24, 2.45) is 0 Å². The molecule has 2 aromatic carbocycles. The highest BCUT2D eigenvalue weighted by Gasteiger charge is 1.99. The molecule has 0 aliphatic carbocycles. The van der Waals surface area contributed by atoms with Gasteiger partial charge in [0.2, 0.25) is 0 Å². The fourth-order valence-electron chi connectivity index (χ4n) is 1.25. The van der Waals surface area contributed by atoms with E-state index in [9.17, 15) is 0 Å². The molecule has 17 heavy (non-hydrogen) atoms. The first-order valence-corrected chi connectivity index (χ1v) is 5.97. The molecule has 86 valence electrons. The zero-order chi connectivity index (χ0) is 12.1. The van der Waals surface area contributed by atoms with Crippen molar-refractivity contribution in [3.05, 3.63) is 48.5 Å². The molecular weight excluding hydrogens is 251 g/mol. The third-order valence-corrected chi connectivity index (χ3v) is 2.72. The van der Waals surface area contributed by atoms with E-state index < -0.39 is 0 Å². The van der Waals surface area contributed by atoms with Crippen LogP contribution >= 0.6 is 25.3 Å². The molecule has 5 heteroatoms. The standard InChI is InChI=1S/C12H11BO2S2/c16-11-5-1-9(2-6-11)14-13-15-10-3-7-12(17)8-4-10/h1-8,13,16-17H. The number of rotatable bonds is 4.